The van der Waals surface area contributed by atoms with Gasteiger partial charge < -0.3 is 11.1 Å². The molecule has 0 aromatic carbocycles. The quantitative estimate of drug-likeness (QED) is 0.892. The van der Waals surface area contributed by atoms with E-state index in [2.05, 4.69) is 15.5 Å². The average Bonchev–Trinajstić information content (AvgIpc) is 2.81. The largest absolute Gasteiger partial charge is 0.345 e. The van der Waals surface area contributed by atoms with E-state index in [1.54, 1.807) is 0 Å². The SMILES string of the molecule is CC(NC(=O)[C@H](N)C(C)C)c1nnc2ccccn12.Cl.Cl. The van der Waals surface area contributed by atoms with Crippen molar-refractivity contribution in [1.29, 1.82) is 0 Å². The second-order valence-electron chi connectivity index (χ2n) is 4.99. The zero-order valence-electron chi connectivity index (χ0n) is 12.2. The number of pyridine rings is 1. The molecule has 2 aromatic heterocycles. The molecule has 1 amide bonds. The molecule has 3 N–H and O–H groups in total. The minimum absolute atomic E-state index is 0. The fourth-order valence-corrected chi connectivity index (χ4v) is 1.83. The second kappa shape index (κ2) is 8.17. The van der Waals surface area contributed by atoms with E-state index in [9.17, 15) is 4.79 Å². The first-order chi connectivity index (χ1) is 9.00. The Labute approximate surface area is 136 Å². The number of fused-ring (bicyclic) bond motifs is 1. The van der Waals surface area contributed by atoms with Crippen LogP contribution in [0.25, 0.3) is 5.65 Å². The molecule has 0 aliphatic rings. The maximum absolute atomic E-state index is 11.9. The Hall–Kier alpha value is -1.37. The van der Waals surface area contributed by atoms with Crippen molar-refractivity contribution in [1.82, 2.24) is 19.9 Å². The number of amides is 1. The van der Waals surface area contributed by atoms with Crippen molar-refractivity contribution in [2.75, 3.05) is 0 Å². The summed E-state index contributed by atoms with van der Waals surface area (Å²) in [6, 6.07) is 4.90. The number of nitrogens with two attached hydrogens (primary N) is 1. The molecule has 118 valence electrons. The lowest BCUT2D eigenvalue weighted by Crippen LogP contribution is -2.45. The van der Waals surface area contributed by atoms with Crippen LogP contribution in [0.1, 0.15) is 32.6 Å². The van der Waals surface area contributed by atoms with Crippen LogP contribution in [0.4, 0.5) is 0 Å². The van der Waals surface area contributed by atoms with Gasteiger partial charge in [0.2, 0.25) is 5.91 Å². The van der Waals surface area contributed by atoms with Crippen molar-refractivity contribution in [3.05, 3.63) is 30.2 Å². The Morgan fingerprint density at radius 3 is 2.52 bits per heavy atom. The third kappa shape index (κ3) is 4.30. The van der Waals surface area contributed by atoms with Crippen LogP contribution in [0, 0.1) is 5.92 Å². The Morgan fingerprint density at radius 1 is 1.24 bits per heavy atom. The lowest BCUT2D eigenvalue weighted by Gasteiger charge is -2.18. The zero-order valence-corrected chi connectivity index (χ0v) is 13.8. The molecule has 0 saturated carbocycles. The molecule has 0 saturated heterocycles. The molecule has 1 unspecified atom stereocenters. The van der Waals surface area contributed by atoms with Crippen LogP contribution in [0.5, 0.6) is 0 Å². The third-order valence-corrected chi connectivity index (χ3v) is 3.11. The predicted molar refractivity (Wildman–Crippen MR) is 86.9 cm³/mol. The molecule has 21 heavy (non-hydrogen) atoms. The zero-order chi connectivity index (χ0) is 14.0. The van der Waals surface area contributed by atoms with Gasteiger partial charge in [-0.25, -0.2) is 0 Å². The number of nitrogens with one attached hydrogen (secondary N) is 1. The molecule has 2 atom stereocenters. The molecule has 0 aliphatic heterocycles. The van der Waals surface area contributed by atoms with Crippen molar-refractivity contribution in [2.24, 2.45) is 11.7 Å². The maximum atomic E-state index is 11.9. The second-order valence-corrected chi connectivity index (χ2v) is 4.99. The first-order valence-corrected chi connectivity index (χ1v) is 6.36. The Kier molecular flexibility index (Phi) is 7.63. The smallest absolute Gasteiger partial charge is 0.237 e. The highest BCUT2D eigenvalue weighted by molar-refractivity contribution is 5.85. The molecular formula is C13H21Cl2N5O. The fourth-order valence-electron chi connectivity index (χ4n) is 1.83. The Balaban J connectivity index is 0.00000200. The molecule has 0 aliphatic carbocycles. The van der Waals surface area contributed by atoms with E-state index in [1.165, 1.54) is 0 Å². The molecule has 2 aromatic rings. The van der Waals surface area contributed by atoms with Gasteiger partial charge in [0.05, 0.1) is 12.1 Å². The van der Waals surface area contributed by atoms with Crippen LogP contribution < -0.4 is 11.1 Å². The number of nitrogens with zero attached hydrogens (tertiary/aromatic N) is 3. The number of carbonyl (C=O) groups excluding carboxylic acids is 1. The molecular weight excluding hydrogens is 313 g/mol. The third-order valence-electron chi connectivity index (χ3n) is 3.11. The monoisotopic (exact) mass is 333 g/mol. The summed E-state index contributed by atoms with van der Waals surface area (Å²) in [5.41, 5.74) is 6.58. The van der Waals surface area contributed by atoms with Gasteiger partial charge in [-0.1, -0.05) is 19.9 Å². The van der Waals surface area contributed by atoms with E-state index in [0.717, 1.165) is 5.65 Å². The van der Waals surface area contributed by atoms with Gasteiger partial charge in [0.25, 0.3) is 0 Å². The number of hydrogen-bond acceptors (Lipinski definition) is 4. The van der Waals surface area contributed by atoms with Crippen molar-refractivity contribution in [2.45, 2.75) is 32.9 Å². The van der Waals surface area contributed by atoms with Crippen molar-refractivity contribution in [3.63, 3.8) is 0 Å². The van der Waals surface area contributed by atoms with Crippen LogP contribution in [0.2, 0.25) is 0 Å². The molecule has 0 radical (unpaired) electrons. The van der Waals surface area contributed by atoms with E-state index >= 15 is 0 Å². The molecule has 6 nitrogen and oxygen atoms in total. The van der Waals surface area contributed by atoms with E-state index in [-0.39, 0.29) is 42.7 Å². The van der Waals surface area contributed by atoms with Gasteiger partial charge in [-0.15, -0.1) is 35.0 Å². The van der Waals surface area contributed by atoms with Crippen LogP contribution in [-0.2, 0) is 4.79 Å². The molecule has 8 heteroatoms. The van der Waals surface area contributed by atoms with E-state index in [4.69, 9.17) is 5.73 Å². The summed E-state index contributed by atoms with van der Waals surface area (Å²) in [6.45, 7) is 5.71. The minimum Gasteiger partial charge on any atom is -0.345 e. The highest BCUT2D eigenvalue weighted by Gasteiger charge is 2.21. The van der Waals surface area contributed by atoms with Gasteiger partial charge in [-0.2, -0.15) is 0 Å². The van der Waals surface area contributed by atoms with Crippen molar-refractivity contribution < 1.29 is 4.79 Å². The molecule has 0 spiro atoms. The summed E-state index contributed by atoms with van der Waals surface area (Å²) in [6.07, 6.45) is 1.87. The topological polar surface area (TPSA) is 85.3 Å². The number of hydrogen-bond donors (Lipinski definition) is 2. The number of aromatic nitrogens is 3. The summed E-state index contributed by atoms with van der Waals surface area (Å²) in [5.74, 6) is 0.623. The number of halogens is 2. The predicted octanol–water partition coefficient (Wildman–Crippen LogP) is 1.73. The van der Waals surface area contributed by atoms with Crippen LogP contribution in [0.3, 0.4) is 0 Å². The van der Waals surface area contributed by atoms with E-state index in [1.807, 2.05) is 49.6 Å². The molecule has 0 fully saturated rings. The summed E-state index contributed by atoms with van der Waals surface area (Å²) in [4.78, 5) is 11.9. The van der Waals surface area contributed by atoms with E-state index in [0.29, 0.717) is 5.82 Å². The lowest BCUT2D eigenvalue weighted by atomic mass is 10.0. The van der Waals surface area contributed by atoms with Gasteiger partial charge in [0.15, 0.2) is 11.5 Å². The maximum Gasteiger partial charge on any atom is 0.237 e. The van der Waals surface area contributed by atoms with E-state index < -0.39 is 6.04 Å². The first kappa shape index (κ1) is 19.6. The van der Waals surface area contributed by atoms with Crippen molar-refractivity contribution in [3.8, 4) is 0 Å². The molecule has 2 heterocycles. The number of rotatable bonds is 4. The van der Waals surface area contributed by atoms with Crippen LogP contribution >= 0.6 is 24.8 Å². The molecule has 0 bridgehead atoms. The summed E-state index contributed by atoms with van der Waals surface area (Å²) in [7, 11) is 0. The number of carbonyl (C=O) groups is 1. The van der Waals surface area contributed by atoms with Crippen LogP contribution in [-0.4, -0.2) is 26.5 Å². The van der Waals surface area contributed by atoms with Gasteiger partial charge in [-0.3, -0.25) is 9.20 Å². The summed E-state index contributed by atoms with van der Waals surface area (Å²) < 4.78 is 1.85. The van der Waals surface area contributed by atoms with Crippen molar-refractivity contribution >= 4 is 36.4 Å². The average molecular weight is 334 g/mol. The van der Waals surface area contributed by atoms with Gasteiger partial charge in [-0.05, 0) is 25.0 Å². The molecule has 2 rings (SSSR count). The highest BCUT2D eigenvalue weighted by Crippen LogP contribution is 2.12. The van der Waals surface area contributed by atoms with Gasteiger partial charge >= 0.3 is 0 Å². The normalized spacial score (nSPS) is 13.2. The van der Waals surface area contributed by atoms with Gasteiger partial charge in [0, 0.05) is 6.20 Å². The standard InChI is InChI=1S/C13H19N5O.2ClH/c1-8(2)11(14)13(19)15-9(3)12-17-16-10-6-4-5-7-18(10)12;;/h4-9,11H,14H2,1-3H3,(H,15,19);2*1H/t9?,11-;;/m1../s1. The fraction of sp³-hybridized carbons (Fsp3) is 0.462. The van der Waals surface area contributed by atoms with Crippen LogP contribution in [0.15, 0.2) is 24.4 Å². The summed E-state index contributed by atoms with van der Waals surface area (Å²) >= 11 is 0. The Morgan fingerprint density at radius 2 is 1.90 bits per heavy atom. The first-order valence-electron chi connectivity index (χ1n) is 6.36. The van der Waals surface area contributed by atoms with Gasteiger partial charge in [0.1, 0.15) is 0 Å². The summed E-state index contributed by atoms with van der Waals surface area (Å²) in [5, 5.41) is 11.0. The Bertz CT molecular complexity index is 587. The highest BCUT2D eigenvalue weighted by atomic mass is 35.5. The lowest BCUT2D eigenvalue weighted by molar-refractivity contribution is -0.123. The minimum atomic E-state index is -0.512.